The van der Waals surface area contributed by atoms with Crippen LogP contribution in [0.5, 0.6) is 0 Å². The molecule has 0 aliphatic heterocycles. The second kappa shape index (κ2) is 6.58. The first-order chi connectivity index (χ1) is 10.8. The maximum atomic E-state index is 9.67. The first-order valence-electron chi connectivity index (χ1n) is 7.53. The molecule has 22 heavy (non-hydrogen) atoms. The van der Waals surface area contributed by atoms with Gasteiger partial charge < -0.3 is 15.4 Å². The summed E-state index contributed by atoms with van der Waals surface area (Å²) in [5.74, 6) is 0.755. The van der Waals surface area contributed by atoms with E-state index in [0.717, 1.165) is 29.9 Å². The number of rotatable bonds is 6. The largest absolute Gasteiger partial charge is 0.394 e. The monoisotopic (exact) mass is 296 g/mol. The minimum absolute atomic E-state index is 0.0466. The smallest absolute Gasteiger partial charge is 0.129 e. The first-order valence-corrected chi connectivity index (χ1v) is 7.53. The molecule has 0 spiro atoms. The lowest BCUT2D eigenvalue weighted by molar-refractivity contribution is 0.273. The maximum Gasteiger partial charge on any atom is 0.129 e. The van der Waals surface area contributed by atoms with E-state index in [-0.39, 0.29) is 12.6 Å². The number of hydrogen-bond acceptors (Lipinski definition) is 4. The molecule has 0 amide bonds. The second-order valence-electron chi connectivity index (χ2n) is 5.34. The predicted octanol–water partition coefficient (Wildman–Crippen LogP) is 2.54. The molecule has 2 heterocycles. The highest BCUT2D eigenvalue weighted by atomic mass is 16.3. The highest BCUT2D eigenvalue weighted by molar-refractivity contribution is 5.83. The molecule has 3 aromatic rings. The quantitative estimate of drug-likeness (QED) is 0.653. The normalized spacial score (nSPS) is 12.5. The van der Waals surface area contributed by atoms with Crippen molar-refractivity contribution in [3.8, 4) is 0 Å². The number of benzene rings is 1. The van der Waals surface area contributed by atoms with Gasteiger partial charge in [0.25, 0.3) is 0 Å². The van der Waals surface area contributed by atoms with E-state index in [1.54, 1.807) is 6.33 Å². The van der Waals surface area contributed by atoms with Gasteiger partial charge in [-0.05, 0) is 24.5 Å². The highest BCUT2D eigenvalue weighted by Crippen LogP contribution is 2.20. The van der Waals surface area contributed by atoms with Crippen LogP contribution in [0.15, 0.2) is 42.9 Å². The number of hydrogen-bond donors (Lipinski definition) is 3. The molecule has 0 bridgehead atoms. The molecule has 2 aromatic heterocycles. The van der Waals surface area contributed by atoms with Crippen LogP contribution in [-0.2, 0) is 12.8 Å². The van der Waals surface area contributed by atoms with Gasteiger partial charge in [-0.2, -0.15) is 0 Å². The van der Waals surface area contributed by atoms with E-state index in [9.17, 15) is 5.11 Å². The Labute approximate surface area is 129 Å². The molecule has 5 heteroatoms. The van der Waals surface area contributed by atoms with Crippen molar-refractivity contribution in [1.82, 2.24) is 15.0 Å². The van der Waals surface area contributed by atoms with Gasteiger partial charge in [-0.1, -0.05) is 25.1 Å². The van der Waals surface area contributed by atoms with Gasteiger partial charge in [0, 0.05) is 28.9 Å². The summed E-state index contributed by atoms with van der Waals surface area (Å²) in [5.41, 5.74) is 3.29. The van der Waals surface area contributed by atoms with Crippen LogP contribution in [0.3, 0.4) is 0 Å². The van der Waals surface area contributed by atoms with E-state index in [0.29, 0.717) is 0 Å². The molecule has 0 saturated heterocycles. The van der Waals surface area contributed by atoms with Crippen LogP contribution < -0.4 is 5.32 Å². The van der Waals surface area contributed by atoms with Crippen molar-refractivity contribution in [2.75, 3.05) is 11.9 Å². The zero-order valence-electron chi connectivity index (χ0n) is 12.6. The minimum atomic E-state index is -0.0844. The molecule has 0 saturated carbocycles. The first kappa shape index (κ1) is 14.5. The van der Waals surface area contributed by atoms with Crippen molar-refractivity contribution in [3.63, 3.8) is 0 Å². The number of aromatic nitrogens is 3. The fraction of sp³-hybridized carbons (Fsp3) is 0.294. The SMILES string of the molecule is CCc1cc(N[C@@H](CO)Cc2c[nH]c3ccccc23)ncn1. The number of aromatic amines is 1. The number of nitrogens with one attached hydrogen (secondary N) is 2. The van der Waals surface area contributed by atoms with Crippen LogP contribution in [0.1, 0.15) is 18.2 Å². The van der Waals surface area contributed by atoms with Gasteiger partial charge in [0.05, 0.1) is 12.6 Å². The topological polar surface area (TPSA) is 73.8 Å². The second-order valence-corrected chi connectivity index (χ2v) is 5.34. The summed E-state index contributed by atoms with van der Waals surface area (Å²) >= 11 is 0. The average molecular weight is 296 g/mol. The summed E-state index contributed by atoms with van der Waals surface area (Å²) in [6.07, 6.45) is 5.16. The molecule has 0 fully saturated rings. The molecular formula is C17H20N4O. The summed E-state index contributed by atoms with van der Waals surface area (Å²) in [6.45, 7) is 2.10. The summed E-state index contributed by atoms with van der Waals surface area (Å²) < 4.78 is 0. The lowest BCUT2D eigenvalue weighted by atomic mass is 10.1. The van der Waals surface area contributed by atoms with E-state index in [1.165, 1.54) is 10.9 Å². The van der Waals surface area contributed by atoms with Crippen LogP contribution in [0.4, 0.5) is 5.82 Å². The third-order valence-corrected chi connectivity index (χ3v) is 3.80. The molecule has 0 unspecified atom stereocenters. The van der Waals surface area contributed by atoms with Crippen molar-refractivity contribution in [3.05, 3.63) is 54.1 Å². The van der Waals surface area contributed by atoms with E-state index in [1.807, 2.05) is 24.4 Å². The Morgan fingerprint density at radius 1 is 1.27 bits per heavy atom. The summed E-state index contributed by atoms with van der Waals surface area (Å²) in [4.78, 5) is 11.7. The van der Waals surface area contributed by atoms with Crippen LogP contribution in [0, 0.1) is 0 Å². The Balaban J connectivity index is 1.76. The summed E-state index contributed by atoms with van der Waals surface area (Å²) in [5, 5.41) is 14.2. The summed E-state index contributed by atoms with van der Waals surface area (Å²) in [6, 6.07) is 10.0. The third kappa shape index (κ3) is 3.09. The predicted molar refractivity (Wildman–Crippen MR) is 87.9 cm³/mol. The van der Waals surface area contributed by atoms with E-state index >= 15 is 0 Å². The number of aryl methyl sites for hydroxylation is 1. The van der Waals surface area contributed by atoms with Gasteiger partial charge in [-0.25, -0.2) is 9.97 Å². The number of para-hydroxylation sites is 1. The van der Waals surface area contributed by atoms with Crippen molar-refractivity contribution in [1.29, 1.82) is 0 Å². The number of fused-ring (bicyclic) bond motifs is 1. The molecule has 1 aromatic carbocycles. The Morgan fingerprint density at radius 3 is 2.95 bits per heavy atom. The fourth-order valence-corrected chi connectivity index (χ4v) is 2.61. The Kier molecular flexibility index (Phi) is 4.34. The van der Waals surface area contributed by atoms with Gasteiger partial charge in [-0.15, -0.1) is 0 Å². The molecule has 3 rings (SSSR count). The van der Waals surface area contributed by atoms with Crippen LogP contribution in [-0.4, -0.2) is 32.7 Å². The maximum absolute atomic E-state index is 9.67. The number of nitrogens with zero attached hydrogens (tertiary/aromatic N) is 2. The van der Waals surface area contributed by atoms with Gasteiger partial charge >= 0.3 is 0 Å². The molecule has 114 valence electrons. The van der Waals surface area contributed by atoms with Crippen LogP contribution >= 0.6 is 0 Å². The molecule has 0 radical (unpaired) electrons. The van der Waals surface area contributed by atoms with Crippen molar-refractivity contribution >= 4 is 16.7 Å². The number of aliphatic hydroxyl groups is 1. The third-order valence-electron chi connectivity index (χ3n) is 3.80. The van der Waals surface area contributed by atoms with Crippen molar-refractivity contribution in [2.45, 2.75) is 25.8 Å². The highest BCUT2D eigenvalue weighted by Gasteiger charge is 2.12. The van der Waals surface area contributed by atoms with Crippen molar-refractivity contribution < 1.29 is 5.11 Å². The lowest BCUT2D eigenvalue weighted by Gasteiger charge is -2.16. The molecule has 0 aliphatic carbocycles. The molecule has 0 aliphatic rings. The fourth-order valence-electron chi connectivity index (χ4n) is 2.61. The van der Waals surface area contributed by atoms with Gasteiger partial charge in [-0.3, -0.25) is 0 Å². The molecule has 1 atom stereocenters. The van der Waals surface area contributed by atoms with E-state index < -0.39 is 0 Å². The van der Waals surface area contributed by atoms with Gasteiger partial charge in [0.1, 0.15) is 12.1 Å². The zero-order valence-corrected chi connectivity index (χ0v) is 12.6. The van der Waals surface area contributed by atoms with E-state index in [2.05, 4.69) is 39.3 Å². The van der Waals surface area contributed by atoms with Crippen LogP contribution in [0.25, 0.3) is 10.9 Å². The van der Waals surface area contributed by atoms with E-state index in [4.69, 9.17) is 0 Å². The standard InChI is InChI=1S/C17H20N4O/c1-2-13-8-17(20-11-19-13)21-14(10-22)7-12-9-18-16-6-4-3-5-15(12)16/h3-6,8-9,11,14,18,22H,2,7,10H2,1H3,(H,19,20,21)/t14-/m1/s1. The average Bonchev–Trinajstić information content (AvgIpc) is 2.97. The Morgan fingerprint density at radius 2 is 2.14 bits per heavy atom. The molecular weight excluding hydrogens is 276 g/mol. The van der Waals surface area contributed by atoms with Crippen LogP contribution in [0.2, 0.25) is 0 Å². The number of aliphatic hydroxyl groups excluding tert-OH is 1. The zero-order chi connectivity index (χ0) is 15.4. The lowest BCUT2D eigenvalue weighted by Crippen LogP contribution is -2.26. The number of H-pyrrole nitrogens is 1. The van der Waals surface area contributed by atoms with Gasteiger partial charge in [0.2, 0.25) is 0 Å². The Hall–Kier alpha value is -2.40. The summed E-state index contributed by atoms with van der Waals surface area (Å²) in [7, 11) is 0. The van der Waals surface area contributed by atoms with Gasteiger partial charge in [0.15, 0.2) is 0 Å². The molecule has 3 N–H and O–H groups in total. The van der Waals surface area contributed by atoms with Crippen molar-refractivity contribution in [2.24, 2.45) is 0 Å². The Bertz CT molecular complexity index is 753. The minimum Gasteiger partial charge on any atom is -0.394 e. The number of anilines is 1. The molecule has 5 nitrogen and oxygen atoms in total.